The lowest BCUT2D eigenvalue weighted by atomic mass is 10.1. The smallest absolute Gasteiger partial charge is 0.348 e. The minimum atomic E-state index is -4.79. The molecule has 0 bridgehead atoms. The number of nitrogens with two attached hydrogens (primary N) is 1. The molecule has 1 rings (SSSR count). The second-order valence-corrected chi connectivity index (χ2v) is 3.56. The molecule has 1 aliphatic rings. The molecule has 3 nitrogen and oxygen atoms in total. The minimum absolute atomic E-state index is 0. The summed E-state index contributed by atoms with van der Waals surface area (Å²) in [6.45, 7) is 0.0273. The van der Waals surface area contributed by atoms with E-state index in [1.54, 1.807) is 0 Å². The summed E-state index contributed by atoms with van der Waals surface area (Å²) in [6.07, 6.45) is -2.25. The molecular formula is C8H14ClF3N2O. The molecule has 1 saturated carbocycles. The van der Waals surface area contributed by atoms with Crippen LogP contribution in [0.1, 0.15) is 19.3 Å². The van der Waals surface area contributed by atoms with Crippen LogP contribution in [0.15, 0.2) is 0 Å². The normalized spacial score (nSPS) is 25.9. The summed E-state index contributed by atoms with van der Waals surface area (Å²) in [5.41, 5.74) is 5.64. The Hall–Kier alpha value is -0.490. The van der Waals surface area contributed by atoms with Gasteiger partial charge in [0.25, 0.3) is 0 Å². The SMILES string of the molecule is Cl.NC1CCCC1CNC(=O)C(F)(F)F. The highest BCUT2D eigenvalue weighted by atomic mass is 35.5. The van der Waals surface area contributed by atoms with Crippen LogP contribution in [0.4, 0.5) is 13.2 Å². The molecule has 0 heterocycles. The molecular weight excluding hydrogens is 233 g/mol. The lowest BCUT2D eigenvalue weighted by Gasteiger charge is -2.16. The summed E-state index contributed by atoms with van der Waals surface area (Å²) in [5.74, 6) is -1.89. The van der Waals surface area contributed by atoms with Gasteiger partial charge in [-0.1, -0.05) is 6.42 Å². The molecule has 0 aromatic rings. The Morgan fingerprint density at radius 3 is 2.40 bits per heavy atom. The van der Waals surface area contributed by atoms with Gasteiger partial charge in [0, 0.05) is 12.6 Å². The van der Waals surface area contributed by atoms with Gasteiger partial charge in [-0.3, -0.25) is 4.79 Å². The highest BCUT2D eigenvalue weighted by Crippen LogP contribution is 2.23. The summed E-state index contributed by atoms with van der Waals surface area (Å²) in [5, 5.41) is 1.85. The van der Waals surface area contributed by atoms with Gasteiger partial charge in [0.2, 0.25) is 0 Å². The van der Waals surface area contributed by atoms with Crippen molar-refractivity contribution in [1.82, 2.24) is 5.32 Å². The fourth-order valence-electron chi connectivity index (χ4n) is 1.64. The largest absolute Gasteiger partial charge is 0.471 e. The first kappa shape index (κ1) is 14.5. The molecule has 2 atom stereocenters. The van der Waals surface area contributed by atoms with Gasteiger partial charge in [0.05, 0.1) is 0 Å². The molecule has 0 saturated heterocycles. The summed E-state index contributed by atoms with van der Waals surface area (Å²) >= 11 is 0. The maximum absolute atomic E-state index is 11.8. The molecule has 3 N–H and O–H groups in total. The van der Waals surface area contributed by atoms with Gasteiger partial charge in [0.1, 0.15) is 0 Å². The van der Waals surface area contributed by atoms with Gasteiger partial charge in [-0.25, -0.2) is 0 Å². The quantitative estimate of drug-likeness (QED) is 0.770. The average molecular weight is 247 g/mol. The van der Waals surface area contributed by atoms with Crippen molar-refractivity contribution in [3.8, 4) is 0 Å². The molecule has 7 heteroatoms. The second-order valence-electron chi connectivity index (χ2n) is 3.56. The van der Waals surface area contributed by atoms with Crippen LogP contribution in [0.5, 0.6) is 0 Å². The van der Waals surface area contributed by atoms with Gasteiger partial charge >= 0.3 is 12.1 Å². The van der Waals surface area contributed by atoms with Gasteiger partial charge < -0.3 is 11.1 Å². The third kappa shape index (κ3) is 4.25. The zero-order valence-corrected chi connectivity index (χ0v) is 8.83. The molecule has 1 amide bonds. The molecule has 90 valence electrons. The Labute approximate surface area is 92.0 Å². The lowest BCUT2D eigenvalue weighted by molar-refractivity contribution is -0.173. The molecule has 2 unspecified atom stereocenters. The van der Waals surface area contributed by atoms with Crippen molar-refractivity contribution >= 4 is 18.3 Å². The summed E-state index contributed by atoms with van der Waals surface area (Å²) in [7, 11) is 0. The zero-order chi connectivity index (χ0) is 10.8. The number of hydrogen-bond donors (Lipinski definition) is 2. The lowest BCUT2D eigenvalue weighted by Crippen LogP contribution is -2.42. The maximum atomic E-state index is 11.8. The van der Waals surface area contributed by atoms with Crippen molar-refractivity contribution in [2.45, 2.75) is 31.5 Å². The number of rotatable bonds is 2. The van der Waals surface area contributed by atoms with Crippen LogP contribution in [-0.4, -0.2) is 24.7 Å². The fourth-order valence-corrected chi connectivity index (χ4v) is 1.64. The van der Waals surface area contributed by atoms with Crippen molar-refractivity contribution in [1.29, 1.82) is 0 Å². The molecule has 1 fully saturated rings. The monoisotopic (exact) mass is 246 g/mol. The number of halogens is 4. The Morgan fingerprint density at radius 2 is 2.00 bits per heavy atom. The van der Waals surface area contributed by atoms with Crippen molar-refractivity contribution in [3.05, 3.63) is 0 Å². The van der Waals surface area contributed by atoms with E-state index in [1.807, 2.05) is 5.32 Å². The van der Waals surface area contributed by atoms with Crippen molar-refractivity contribution in [2.75, 3.05) is 6.54 Å². The molecule has 15 heavy (non-hydrogen) atoms. The Balaban J connectivity index is 0.00000196. The van der Waals surface area contributed by atoms with Crippen LogP contribution in [-0.2, 0) is 4.79 Å². The number of alkyl halides is 3. The van der Waals surface area contributed by atoms with Gasteiger partial charge in [-0.05, 0) is 18.8 Å². The Morgan fingerprint density at radius 1 is 1.40 bits per heavy atom. The van der Waals surface area contributed by atoms with E-state index >= 15 is 0 Å². The van der Waals surface area contributed by atoms with Crippen LogP contribution >= 0.6 is 12.4 Å². The molecule has 0 spiro atoms. The predicted molar refractivity (Wildman–Crippen MR) is 51.6 cm³/mol. The van der Waals surface area contributed by atoms with Gasteiger partial charge in [-0.15, -0.1) is 12.4 Å². The van der Waals surface area contributed by atoms with Crippen molar-refractivity contribution in [2.24, 2.45) is 11.7 Å². The standard InChI is InChI=1S/C8H13F3N2O.ClH/c9-8(10,11)7(14)13-4-5-2-1-3-6(5)12;/h5-6H,1-4,12H2,(H,13,14);1H. The fraction of sp³-hybridized carbons (Fsp3) is 0.875. The molecule has 0 aliphatic heterocycles. The molecule has 0 aromatic carbocycles. The van der Waals surface area contributed by atoms with Crippen LogP contribution in [0.2, 0.25) is 0 Å². The van der Waals surface area contributed by atoms with Crippen LogP contribution in [0.25, 0.3) is 0 Å². The zero-order valence-electron chi connectivity index (χ0n) is 8.01. The van der Waals surface area contributed by atoms with Crippen LogP contribution in [0, 0.1) is 5.92 Å². The third-order valence-electron chi connectivity index (χ3n) is 2.50. The van der Waals surface area contributed by atoms with E-state index in [-0.39, 0.29) is 30.9 Å². The first-order chi connectivity index (χ1) is 6.41. The predicted octanol–water partition coefficient (Wildman–Crippen LogP) is 1.21. The molecule has 0 aromatic heterocycles. The number of amides is 1. The average Bonchev–Trinajstić information content (AvgIpc) is 2.45. The minimum Gasteiger partial charge on any atom is -0.348 e. The number of carbonyl (C=O) groups is 1. The summed E-state index contributed by atoms with van der Waals surface area (Å²) in [6, 6.07) is -0.0801. The second kappa shape index (κ2) is 5.55. The van der Waals surface area contributed by atoms with Crippen LogP contribution < -0.4 is 11.1 Å². The first-order valence-electron chi connectivity index (χ1n) is 4.52. The summed E-state index contributed by atoms with van der Waals surface area (Å²) in [4.78, 5) is 10.5. The van der Waals surface area contributed by atoms with E-state index in [4.69, 9.17) is 5.73 Å². The van der Waals surface area contributed by atoms with E-state index in [1.165, 1.54) is 0 Å². The summed E-state index contributed by atoms with van der Waals surface area (Å²) < 4.78 is 35.3. The Bertz CT molecular complexity index is 222. The van der Waals surface area contributed by atoms with Crippen molar-refractivity contribution in [3.63, 3.8) is 0 Å². The first-order valence-corrected chi connectivity index (χ1v) is 4.52. The van der Waals surface area contributed by atoms with E-state index in [0.29, 0.717) is 0 Å². The Kier molecular flexibility index (Phi) is 5.37. The topological polar surface area (TPSA) is 55.1 Å². The van der Waals surface area contributed by atoms with E-state index in [2.05, 4.69) is 0 Å². The molecule has 0 radical (unpaired) electrons. The van der Waals surface area contributed by atoms with Crippen LogP contribution in [0.3, 0.4) is 0 Å². The number of carbonyl (C=O) groups excluding carboxylic acids is 1. The third-order valence-corrected chi connectivity index (χ3v) is 2.50. The highest BCUT2D eigenvalue weighted by molar-refractivity contribution is 5.85. The van der Waals surface area contributed by atoms with E-state index < -0.39 is 12.1 Å². The highest BCUT2D eigenvalue weighted by Gasteiger charge is 2.39. The van der Waals surface area contributed by atoms with Gasteiger partial charge in [0.15, 0.2) is 0 Å². The van der Waals surface area contributed by atoms with E-state index in [9.17, 15) is 18.0 Å². The number of nitrogens with one attached hydrogen (secondary N) is 1. The van der Waals surface area contributed by atoms with E-state index in [0.717, 1.165) is 19.3 Å². The molecule has 1 aliphatic carbocycles. The van der Waals surface area contributed by atoms with Crippen molar-refractivity contribution < 1.29 is 18.0 Å². The number of hydrogen-bond acceptors (Lipinski definition) is 2. The van der Waals surface area contributed by atoms with Gasteiger partial charge in [-0.2, -0.15) is 13.2 Å². The maximum Gasteiger partial charge on any atom is 0.471 e.